The second kappa shape index (κ2) is 5.21. The monoisotopic (exact) mass is 269 g/mol. The zero-order valence-corrected chi connectivity index (χ0v) is 11.1. The normalized spacial score (nSPS) is 12.8. The maximum Gasteiger partial charge on any atom is 0.259 e. The van der Waals surface area contributed by atoms with Crippen LogP contribution in [-0.4, -0.2) is 24.0 Å². The third-order valence-corrected chi connectivity index (χ3v) is 3.09. The Bertz CT molecular complexity index is 638. The van der Waals surface area contributed by atoms with Crippen LogP contribution in [0.1, 0.15) is 16.1 Å². The number of amides is 1. The summed E-state index contributed by atoms with van der Waals surface area (Å²) in [5, 5.41) is 6.04. The number of hydrogen-bond donors (Lipinski definition) is 2. The molecule has 0 atom stereocenters. The molecule has 5 nitrogen and oxygen atoms in total. The Kier molecular flexibility index (Phi) is 3.25. The molecule has 20 heavy (non-hydrogen) atoms. The van der Waals surface area contributed by atoms with Gasteiger partial charge in [0.25, 0.3) is 5.91 Å². The fourth-order valence-corrected chi connectivity index (χ4v) is 2.09. The van der Waals surface area contributed by atoms with E-state index in [2.05, 4.69) is 15.6 Å². The highest BCUT2D eigenvalue weighted by molar-refractivity contribution is 6.07. The Morgan fingerprint density at radius 3 is 3.05 bits per heavy atom. The highest BCUT2D eigenvalue weighted by Gasteiger charge is 2.18. The predicted molar refractivity (Wildman–Crippen MR) is 77.4 cm³/mol. The molecule has 1 aliphatic heterocycles. The summed E-state index contributed by atoms with van der Waals surface area (Å²) in [5.74, 6) is 0.410. The fourth-order valence-electron chi connectivity index (χ4n) is 2.09. The first-order valence-electron chi connectivity index (χ1n) is 6.48. The van der Waals surface area contributed by atoms with Crippen molar-refractivity contribution in [3.8, 4) is 5.75 Å². The second-order valence-corrected chi connectivity index (χ2v) is 4.60. The average molecular weight is 269 g/mol. The van der Waals surface area contributed by atoms with Gasteiger partial charge in [-0.1, -0.05) is 6.07 Å². The predicted octanol–water partition coefficient (Wildman–Crippen LogP) is 2.45. The summed E-state index contributed by atoms with van der Waals surface area (Å²) in [7, 11) is 0. The van der Waals surface area contributed by atoms with Crippen molar-refractivity contribution in [2.75, 3.05) is 23.8 Å². The molecule has 1 aromatic carbocycles. The molecule has 0 aliphatic carbocycles. The number of hydrogen-bond acceptors (Lipinski definition) is 4. The van der Waals surface area contributed by atoms with Gasteiger partial charge in [0.15, 0.2) is 5.75 Å². The van der Waals surface area contributed by atoms with E-state index in [9.17, 15) is 4.79 Å². The van der Waals surface area contributed by atoms with Gasteiger partial charge in [0, 0.05) is 12.2 Å². The zero-order valence-electron chi connectivity index (χ0n) is 11.1. The minimum Gasteiger partial charge on any atom is -0.489 e. The molecular weight excluding hydrogens is 254 g/mol. The Morgan fingerprint density at radius 1 is 1.35 bits per heavy atom. The second-order valence-electron chi connectivity index (χ2n) is 4.60. The number of carbonyl (C=O) groups is 1. The van der Waals surface area contributed by atoms with Crippen molar-refractivity contribution < 1.29 is 9.53 Å². The number of pyridine rings is 1. The van der Waals surface area contributed by atoms with E-state index in [1.165, 1.54) is 0 Å². The summed E-state index contributed by atoms with van der Waals surface area (Å²) < 4.78 is 5.59. The maximum absolute atomic E-state index is 12.3. The number of benzene rings is 1. The van der Waals surface area contributed by atoms with Gasteiger partial charge < -0.3 is 15.4 Å². The third-order valence-electron chi connectivity index (χ3n) is 3.09. The summed E-state index contributed by atoms with van der Waals surface area (Å²) in [4.78, 5) is 16.5. The molecule has 102 valence electrons. The number of nitrogens with one attached hydrogen (secondary N) is 2. The van der Waals surface area contributed by atoms with Gasteiger partial charge in [0.05, 0.1) is 23.1 Å². The number of aryl methyl sites for hydroxylation is 1. The molecule has 1 amide bonds. The van der Waals surface area contributed by atoms with Gasteiger partial charge in [-0.05, 0) is 31.2 Å². The number of fused-ring (bicyclic) bond motifs is 1. The molecule has 1 aromatic heterocycles. The first kappa shape index (κ1) is 12.5. The van der Waals surface area contributed by atoms with Gasteiger partial charge in [-0.25, -0.2) is 0 Å². The molecule has 0 unspecified atom stereocenters. The molecular formula is C15H15N3O2. The summed E-state index contributed by atoms with van der Waals surface area (Å²) in [6.07, 6.45) is 1.64. The lowest BCUT2D eigenvalue weighted by Gasteiger charge is -2.21. The number of ether oxygens (including phenoxy) is 1. The molecule has 2 aromatic rings. The molecule has 5 heteroatoms. The molecule has 0 spiro atoms. The van der Waals surface area contributed by atoms with Crippen molar-refractivity contribution in [1.82, 2.24) is 4.98 Å². The molecule has 2 heterocycles. The van der Waals surface area contributed by atoms with Gasteiger partial charge >= 0.3 is 0 Å². The van der Waals surface area contributed by atoms with Gasteiger partial charge in [-0.2, -0.15) is 0 Å². The van der Waals surface area contributed by atoms with Crippen LogP contribution in [0.2, 0.25) is 0 Å². The van der Waals surface area contributed by atoms with Crippen LogP contribution in [0, 0.1) is 6.92 Å². The van der Waals surface area contributed by atoms with Crippen molar-refractivity contribution in [3.05, 3.63) is 47.8 Å². The lowest BCUT2D eigenvalue weighted by molar-refractivity contribution is 0.102. The van der Waals surface area contributed by atoms with Crippen LogP contribution in [0.5, 0.6) is 5.75 Å². The van der Waals surface area contributed by atoms with E-state index in [0.717, 1.165) is 17.9 Å². The molecule has 0 saturated heterocycles. The van der Waals surface area contributed by atoms with Crippen molar-refractivity contribution >= 4 is 17.3 Å². The first-order chi connectivity index (χ1) is 9.74. The lowest BCUT2D eigenvalue weighted by atomic mass is 10.1. The summed E-state index contributed by atoms with van der Waals surface area (Å²) in [6.45, 7) is 3.21. The van der Waals surface area contributed by atoms with Crippen molar-refractivity contribution in [3.63, 3.8) is 0 Å². The minimum atomic E-state index is -0.198. The third kappa shape index (κ3) is 2.42. The van der Waals surface area contributed by atoms with Crippen LogP contribution in [0.4, 0.5) is 11.4 Å². The van der Waals surface area contributed by atoms with E-state index in [1.54, 1.807) is 12.3 Å². The van der Waals surface area contributed by atoms with E-state index in [0.29, 0.717) is 23.6 Å². The summed E-state index contributed by atoms with van der Waals surface area (Å²) in [5.41, 5.74) is 2.95. The van der Waals surface area contributed by atoms with Crippen molar-refractivity contribution in [1.29, 1.82) is 0 Å². The highest BCUT2D eigenvalue weighted by Crippen LogP contribution is 2.31. The number of nitrogens with zero attached hydrogens (tertiary/aromatic N) is 1. The summed E-state index contributed by atoms with van der Waals surface area (Å²) in [6, 6.07) is 9.17. The van der Waals surface area contributed by atoms with Crippen LogP contribution < -0.4 is 15.4 Å². The van der Waals surface area contributed by atoms with E-state index in [1.807, 2.05) is 31.2 Å². The molecule has 0 bridgehead atoms. The Morgan fingerprint density at radius 2 is 2.25 bits per heavy atom. The van der Waals surface area contributed by atoms with Gasteiger partial charge in [-0.3, -0.25) is 9.78 Å². The number of aromatic nitrogens is 1. The first-order valence-corrected chi connectivity index (χ1v) is 6.48. The van der Waals surface area contributed by atoms with Gasteiger partial charge in [0.2, 0.25) is 0 Å². The molecule has 0 fully saturated rings. The SMILES string of the molecule is Cc1ccc(NC(=O)c2cccc3c2OCCN3)cn1. The number of para-hydroxylation sites is 1. The summed E-state index contributed by atoms with van der Waals surface area (Å²) >= 11 is 0. The van der Waals surface area contributed by atoms with Crippen molar-refractivity contribution in [2.24, 2.45) is 0 Å². The number of anilines is 2. The van der Waals surface area contributed by atoms with Crippen LogP contribution in [0.3, 0.4) is 0 Å². The van der Waals surface area contributed by atoms with Crippen molar-refractivity contribution in [2.45, 2.75) is 6.92 Å². The van der Waals surface area contributed by atoms with Crippen LogP contribution in [0.25, 0.3) is 0 Å². The Balaban J connectivity index is 1.85. The molecule has 0 saturated carbocycles. The highest BCUT2D eigenvalue weighted by atomic mass is 16.5. The van der Waals surface area contributed by atoms with Crippen LogP contribution >= 0.6 is 0 Å². The molecule has 0 radical (unpaired) electrons. The quantitative estimate of drug-likeness (QED) is 0.879. The Hall–Kier alpha value is -2.56. The largest absolute Gasteiger partial charge is 0.489 e. The van der Waals surface area contributed by atoms with Crippen LogP contribution in [-0.2, 0) is 0 Å². The van der Waals surface area contributed by atoms with E-state index in [4.69, 9.17) is 4.74 Å². The van der Waals surface area contributed by atoms with Gasteiger partial charge in [-0.15, -0.1) is 0 Å². The van der Waals surface area contributed by atoms with E-state index < -0.39 is 0 Å². The maximum atomic E-state index is 12.3. The van der Waals surface area contributed by atoms with E-state index >= 15 is 0 Å². The number of rotatable bonds is 2. The minimum absolute atomic E-state index is 0.198. The average Bonchev–Trinajstić information content (AvgIpc) is 2.49. The van der Waals surface area contributed by atoms with E-state index in [-0.39, 0.29) is 5.91 Å². The Labute approximate surface area is 117 Å². The zero-order chi connectivity index (χ0) is 13.9. The standard InChI is InChI=1S/C15H15N3O2/c1-10-5-6-11(9-17-10)18-15(19)12-3-2-4-13-14(12)20-8-7-16-13/h2-6,9,16H,7-8H2,1H3,(H,18,19). The molecule has 1 aliphatic rings. The van der Waals surface area contributed by atoms with Gasteiger partial charge in [0.1, 0.15) is 6.61 Å². The smallest absolute Gasteiger partial charge is 0.259 e. The fraction of sp³-hybridized carbons (Fsp3) is 0.200. The lowest BCUT2D eigenvalue weighted by Crippen LogP contribution is -2.21. The topological polar surface area (TPSA) is 63.2 Å². The molecule has 2 N–H and O–H groups in total. The van der Waals surface area contributed by atoms with Crippen LogP contribution in [0.15, 0.2) is 36.5 Å². The number of carbonyl (C=O) groups excluding carboxylic acids is 1. The molecule has 3 rings (SSSR count).